The Kier molecular flexibility index (Phi) is 9.90. The molecule has 0 bridgehead atoms. The molecule has 3 aromatic rings. The van der Waals surface area contributed by atoms with Crippen molar-refractivity contribution < 1.29 is 19.1 Å². The highest BCUT2D eigenvalue weighted by molar-refractivity contribution is 6.03. The maximum absolute atomic E-state index is 12.6. The average molecular weight is 459 g/mol. The number of esters is 2. The van der Waals surface area contributed by atoms with E-state index >= 15 is 0 Å². The molecule has 0 atom stereocenters. The maximum atomic E-state index is 12.6. The van der Waals surface area contributed by atoms with Gasteiger partial charge in [-0.05, 0) is 75.6 Å². The fourth-order valence-corrected chi connectivity index (χ4v) is 3.70. The van der Waals surface area contributed by atoms with Gasteiger partial charge in [-0.3, -0.25) is 0 Å². The maximum Gasteiger partial charge on any atom is 0.339 e. The Morgan fingerprint density at radius 3 is 1.32 bits per heavy atom. The normalized spacial score (nSPS) is 10.6. The predicted molar refractivity (Wildman–Crippen MR) is 135 cm³/mol. The van der Waals surface area contributed by atoms with Gasteiger partial charge in [0.1, 0.15) is 0 Å². The number of hydrogen-bond acceptors (Lipinski definition) is 4. The van der Waals surface area contributed by atoms with Gasteiger partial charge in [-0.2, -0.15) is 0 Å². The first-order valence-electron chi connectivity index (χ1n) is 12.1. The molecular weight excluding hydrogens is 424 g/mol. The van der Waals surface area contributed by atoms with E-state index in [0.29, 0.717) is 13.2 Å². The van der Waals surface area contributed by atoms with E-state index in [0.717, 1.165) is 38.5 Å². The molecule has 0 fully saturated rings. The van der Waals surface area contributed by atoms with Gasteiger partial charge in [0.25, 0.3) is 0 Å². The van der Waals surface area contributed by atoms with Crippen LogP contribution in [0.1, 0.15) is 68.7 Å². The molecule has 0 heterocycles. The summed E-state index contributed by atoms with van der Waals surface area (Å²) in [4.78, 5) is 25.1. The first kappa shape index (κ1) is 25.2. The molecule has 4 heteroatoms. The third kappa shape index (κ3) is 8.18. The van der Waals surface area contributed by atoms with Crippen molar-refractivity contribution in [2.24, 2.45) is 0 Å². The van der Waals surface area contributed by atoms with Crippen LogP contribution in [-0.4, -0.2) is 25.2 Å². The Balaban J connectivity index is 1.38. The second kappa shape index (κ2) is 13.3. The van der Waals surface area contributed by atoms with Crippen molar-refractivity contribution in [1.29, 1.82) is 0 Å². The van der Waals surface area contributed by atoms with E-state index in [1.807, 2.05) is 0 Å². The molecule has 0 aliphatic carbocycles. The van der Waals surface area contributed by atoms with Crippen LogP contribution >= 0.6 is 0 Å². The fraction of sp³-hybridized carbons (Fsp3) is 0.333. The van der Waals surface area contributed by atoms with E-state index in [4.69, 9.17) is 9.47 Å². The highest BCUT2D eigenvalue weighted by Crippen LogP contribution is 2.14. The number of carbonyl (C=O) groups is 2. The van der Waals surface area contributed by atoms with Crippen LogP contribution in [0.2, 0.25) is 0 Å². The molecule has 0 saturated carbocycles. The topological polar surface area (TPSA) is 52.6 Å². The Labute approximate surface area is 202 Å². The van der Waals surface area contributed by atoms with E-state index in [2.05, 4.69) is 62.4 Å². The van der Waals surface area contributed by atoms with Gasteiger partial charge in [-0.15, -0.1) is 0 Å². The zero-order chi connectivity index (χ0) is 24.2. The molecule has 0 aliphatic rings. The molecule has 3 rings (SSSR count). The Hall–Kier alpha value is -3.40. The zero-order valence-electron chi connectivity index (χ0n) is 20.2. The van der Waals surface area contributed by atoms with E-state index in [-0.39, 0.29) is 11.1 Å². The highest BCUT2D eigenvalue weighted by atomic mass is 16.5. The fourth-order valence-electron chi connectivity index (χ4n) is 3.70. The van der Waals surface area contributed by atoms with E-state index in [9.17, 15) is 9.59 Å². The lowest BCUT2D eigenvalue weighted by atomic mass is 10.1. The molecule has 4 nitrogen and oxygen atoms in total. The van der Waals surface area contributed by atoms with Crippen LogP contribution in [0.4, 0.5) is 0 Å². The minimum Gasteiger partial charge on any atom is -0.462 e. The second-order valence-electron chi connectivity index (χ2n) is 8.70. The third-order valence-electron chi connectivity index (χ3n) is 5.79. The number of rotatable bonds is 12. The molecule has 0 unspecified atom stereocenters. The molecule has 34 heavy (non-hydrogen) atoms. The van der Waals surface area contributed by atoms with Crippen LogP contribution in [0.25, 0.3) is 0 Å². The van der Waals surface area contributed by atoms with Gasteiger partial charge < -0.3 is 9.47 Å². The van der Waals surface area contributed by atoms with Gasteiger partial charge in [-0.1, -0.05) is 71.8 Å². The largest absolute Gasteiger partial charge is 0.462 e. The summed E-state index contributed by atoms with van der Waals surface area (Å²) in [6.45, 7) is 4.80. The number of carbonyl (C=O) groups excluding carboxylic acids is 2. The molecule has 0 saturated heterocycles. The van der Waals surface area contributed by atoms with Gasteiger partial charge in [0.15, 0.2) is 0 Å². The van der Waals surface area contributed by atoms with Crippen molar-refractivity contribution in [2.45, 2.75) is 52.4 Å². The summed E-state index contributed by atoms with van der Waals surface area (Å²) in [5.74, 6) is -0.968. The van der Waals surface area contributed by atoms with E-state index in [1.54, 1.807) is 24.3 Å². The molecule has 178 valence electrons. The minimum absolute atomic E-state index is 0.255. The van der Waals surface area contributed by atoms with E-state index < -0.39 is 11.9 Å². The summed E-state index contributed by atoms with van der Waals surface area (Å²) in [5, 5.41) is 0. The van der Waals surface area contributed by atoms with Crippen LogP contribution in [0, 0.1) is 13.8 Å². The Bertz CT molecular complexity index is 965. The van der Waals surface area contributed by atoms with Crippen LogP contribution < -0.4 is 0 Å². The van der Waals surface area contributed by atoms with Crippen molar-refractivity contribution in [3.8, 4) is 0 Å². The van der Waals surface area contributed by atoms with Crippen LogP contribution in [0.3, 0.4) is 0 Å². The smallest absolute Gasteiger partial charge is 0.339 e. The lowest BCUT2D eigenvalue weighted by Gasteiger charge is -2.10. The number of ether oxygens (including phenoxy) is 2. The lowest BCUT2D eigenvalue weighted by molar-refractivity contribution is 0.0451. The number of unbranched alkanes of at least 4 members (excludes halogenated alkanes) is 2. The first-order valence-corrected chi connectivity index (χ1v) is 12.1. The Morgan fingerprint density at radius 1 is 0.559 bits per heavy atom. The molecule has 0 N–H and O–H groups in total. The third-order valence-corrected chi connectivity index (χ3v) is 5.79. The quantitative estimate of drug-likeness (QED) is 0.225. The van der Waals surface area contributed by atoms with Crippen LogP contribution in [-0.2, 0) is 22.3 Å². The summed E-state index contributed by atoms with van der Waals surface area (Å²) < 4.78 is 10.9. The van der Waals surface area contributed by atoms with Crippen molar-refractivity contribution in [1.82, 2.24) is 0 Å². The van der Waals surface area contributed by atoms with Gasteiger partial charge >= 0.3 is 11.9 Å². The van der Waals surface area contributed by atoms with Crippen LogP contribution in [0.5, 0.6) is 0 Å². The predicted octanol–water partition coefficient (Wildman–Crippen LogP) is 6.66. The first-order chi connectivity index (χ1) is 16.5. The molecule has 0 spiro atoms. The van der Waals surface area contributed by atoms with Crippen molar-refractivity contribution in [3.05, 3.63) is 106 Å². The van der Waals surface area contributed by atoms with Crippen molar-refractivity contribution in [3.63, 3.8) is 0 Å². The van der Waals surface area contributed by atoms with Gasteiger partial charge in [0.2, 0.25) is 0 Å². The summed E-state index contributed by atoms with van der Waals surface area (Å²) in [6, 6.07) is 23.6. The minimum atomic E-state index is -0.484. The number of aryl methyl sites for hydroxylation is 4. The highest BCUT2D eigenvalue weighted by Gasteiger charge is 2.18. The van der Waals surface area contributed by atoms with Gasteiger partial charge in [-0.25, -0.2) is 9.59 Å². The van der Waals surface area contributed by atoms with Crippen molar-refractivity contribution in [2.75, 3.05) is 13.2 Å². The van der Waals surface area contributed by atoms with E-state index in [1.165, 1.54) is 22.3 Å². The lowest BCUT2D eigenvalue weighted by Crippen LogP contribution is -2.15. The van der Waals surface area contributed by atoms with Gasteiger partial charge in [0.05, 0.1) is 24.3 Å². The average Bonchev–Trinajstić information content (AvgIpc) is 2.85. The summed E-state index contributed by atoms with van der Waals surface area (Å²) >= 11 is 0. The summed E-state index contributed by atoms with van der Waals surface area (Å²) in [5.41, 5.74) is 5.57. The molecular formula is C30H34O4. The number of hydrogen-bond donors (Lipinski definition) is 0. The summed E-state index contributed by atoms with van der Waals surface area (Å²) in [7, 11) is 0. The van der Waals surface area contributed by atoms with Gasteiger partial charge in [0, 0.05) is 0 Å². The molecule has 0 aromatic heterocycles. The molecule has 0 aliphatic heterocycles. The second-order valence-corrected chi connectivity index (χ2v) is 8.70. The monoisotopic (exact) mass is 458 g/mol. The Morgan fingerprint density at radius 2 is 0.941 bits per heavy atom. The number of benzene rings is 3. The molecule has 3 aromatic carbocycles. The molecule has 0 amide bonds. The van der Waals surface area contributed by atoms with Crippen LogP contribution in [0.15, 0.2) is 72.8 Å². The molecule has 0 radical (unpaired) electrons. The summed E-state index contributed by atoms with van der Waals surface area (Å²) in [6.07, 6.45) is 5.31. The van der Waals surface area contributed by atoms with Crippen molar-refractivity contribution >= 4 is 11.9 Å². The SMILES string of the molecule is Cc1ccc(CCCCOC(=O)c2ccccc2C(=O)OCCCCc2ccc(C)cc2)cc1. The zero-order valence-corrected chi connectivity index (χ0v) is 20.2. The standard InChI is InChI=1S/C30H34O4/c1-23-13-17-25(18-14-23)9-5-7-21-33-29(31)27-11-3-4-12-28(27)30(32)34-22-8-6-10-26-19-15-24(2)16-20-26/h3-4,11-20H,5-10,21-22H2,1-2H3.